The quantitative estimate of drug-likeness (QED) is 0.868. The van der Waals surface area contributed by atoms with Crippen LogP contribution in [0.15, 0.2) is 24.3 Å². The second kappa shape index (κ2) is 6.42. The molecule has 1 aromatic rings. The van der Waals surface area contributed by atoms with Gasteiger partial charge in [0.15, 0.2) is 0 Å². The molecule has 1 amide bonds. The summed E-state index contributed by atoms with van der Waals surface area (Å²) in [4.78, 5) is 11.7. The first-order chi connectivity index (χ1) is 8.81. The number of carbonyl (C=O) groups is 1. The molecule has 1 atom stereocenters. The Morgan fingerprint density at radius 1 is 1.42 bits per heavy atom. The second-order valence-corrected chi connectivity index (χ2v) is 4.02. The summed E-state index contributed by atoms with van der Waals surface area (Å²) in [6.07, 6.45) is -4.75. The van der Waals surface area contributed by atoms with Gasteiger partial charge in [-0.2, -0.15) is 0 Å². The zero-order valence-electron chi connectivity index (χ0n) is 10.5. The Morgan fingerprint density at radius 3 is 2.68 bits per heavy atom. The smallest absolute Gasteiger partial charge is 0.406 e. The molecule has 0 heterocycles. The Morgan fingerprint density at radius 2 is 2.11 bits per heavy atom. The third-order valence-corrected chi connectivity index (χ3v) is 2.29. The average molecular weight is 276 g/mol. The summed E-state index contributed by atoms with van der Waals surface area (Å²) >= 11 is 0. The number of ether oxygens (including phenoxy) is 1. The third kappa shape index (κ3) is 5.60. The zero-order chi connectivity index (χ0) is 14.5. The minimum Gasteiger partial charge on any atom is -0.406 e. The maximum atomic E-state index is 12.0. The fourth-order valence-corrected chi connectivity index (χ4v) is 1.44. The van der Waals surface area contributed by atoms with E-state index in [-0.39, 0.29) is 23.3 Å². The Balaban J connectivity index is 2.69. The third-order valence-electron chi connectivity index (χ3n) is 2.29. The van der Waals surface area contributed by atoms with Crippen LogP contribution in [0.1, 0.15) is 6.92 Å². The van der Waals surface area contributed by atoms with Crippen LogP contribution in [-0.2, 0) is 4.79 Å². The average Bonchev–Trinajstić information content (AvgIpc) is 2.27. The van der Waals surface area contributed by atoms with Gasteiger partial charge in [-0.3, -0.25) is 4.79 Å². The Kier molecular flexibility index (Phi) is 5.17. The molecule has 0 aromatic heterocycles. The zero-order valence-corrected chi connectivity index (χ0v) is 10.5. The summed E-state index contributed by atoms with van der Waals surface area (Å²) in [6, 6.07) is 5.16. The van der Waals surface area contributed by atoms with Crippen LogP contribution < -0.4 is 15.4 Å². The first kappa shape index (κ1) is 15.3. The fourth-order valence-electron chi connectivity index (χ4n) is 1.44. The van der Waals surface area contributed by atoms with Crippen molar-refractivity contribution in [2.75, 3.05) is 18.9 Å². The summed E-state index contributed by atoms with van der Waals surface area (Å²) in [5, 5.41) is 5.37. The first-order valence-corrected chi connectivity index (χ1v) is 5.63. The highest BCUT2D eigenvalue weighted by atomic mass is 19.4. The lowest BCUT2D eigenvalue weighted by atomic mass is 10.1. The summed E-state index contributed by atoms with van der Waals surface area (Å²) in [6.45, 7) is 2.19. The van der Waals surface area contributed by atoms with Crippen LogP contribution in [0.3, 0.4) is 0 Å². The maximum Gasteiger partial charge on any atom is 0.573 e. The molecule has 7 heteroatoms. The van der Waals surface area contributed by atoms with E-state index in [1.54, 1.807) is 14.0 Å². The molecule has 0 radical (unpaired) electrons. The Hall–Kier alpha value is -1.76. The van der Waals surface area contributed by atoms with Crippen molar-refractivity contribution in [2.45, 2.75) is 13.3 Å². The number of benzene rings is 1. The van der Waals surface area contributed by atoms with E-state index in [1.807, 2.05) is 0 Å². The van der Waals surface area contributed by atoms with Gasteiger partial charge in [-0.15, -0.1) is 13.2 Å². The van der Waals surface area contributed by atoms with E-state index in [1.165, 1.54) is 18.2 Å². The molecule has 1 rings (SSSR count). The first-order valence-electron chi connectivity index (χ1n) is 5.63. The van der Waals surface area contributed by atoms with E-state index in [9.17, 15) is 18.0 Å². The van der Waals surface area contributed by atoms with Crippen LogP contribution in [0.2, 0.25) is 0 Å². The van der Waals surface area contributed by atoms with Crippen molar-refractivity contribution in [3.8, 4) is 5.75 Å². The molecule has 2 N–H and O–H groups in total. The normalized spacial score (nSPS) is 12.9. The van der Waals surface area contributed by atoms with Crippen LogP contribution >= 0.6 is 0 Å². The van der Waals surface area contributed by atoms with Crippen LogP contribution in [0.4, 0.5) is 18.9 Å². The van der Waals surface area contributed by atoms with Gasteiger partial charge in [0.25, 0.3) is 0 Å². The van der Waals surface area contributed by atoms with Crippen molar-refractivity contribution in [2.24, 2.45) is 5.92 Å². The van der Waals surface area contributed by atoms with Crippen molar-refractivity contribution in [1.29, 1.82) is 0 Å². The lowest BCUT2D eigenvalue weighted by Crippen LogP contribution is -2.28. The van der Waals surface area contributed by atoms with E-state index >= 15 is 0 Å². The topological polar surface area (TPSA) is 50.4 Å². The van der Waals surface area contributed by atoms with Crippen molar-refractivity contribution < 1.29 is 22.7 Å². The largest absolute Gasteiger partial charge is 0.573 e. The van der Waals surface area contributed by atoms with Gasteiger partial charge in [0.1, 0.15) is 5.75 Å². The van der Waals surface area contributed by atoms with Crippen molar-refractivity contribution in [1.82, 2.24) is 5.32 Å². The van der Waals surface area contributed by atoms with E-state index in [0.29, 0.717) is 6.54 Å². The number of nitrogens with one attached hydrogen (secondary N) is 2. The second-order valence-electron chi connectivity index (χ2n) is 4.02. The number of alkyl halides is 3. The van der Waals surface area contributed by atoms with Gasteiger partial charge in [-0.1, -0.05) is 13.0 Å². The number of rotatable bonds is 5. The van der Waals surface area contributed by atoms with E-state index < -0.39 is 6.36 Å². The standard InChI is InChI=1S/C12H15F3N2O2/c1-8(7-16-2)11(18)17-9-4-3-5-10(6-9)19-12(13,14)15/h3-6,8,16H,7H2,1-2H3,(H,17,18). The molecule has 0 saturated heterocycles. The van der Waals surface area contributed by atoms with Gasteiger partial charge in [-0.25, -0.2) is 0 Å². The molecule has 0 spiro atoms. The van der Waals surface area contributed by atoms with Crippen LogP contribution in [0, 0.1) is 5.92 Å². The summed E-state index contributed by atoms with van der Waals surface area (Å²) in [5.41, 5.74) is 0.259. The van der Waals surface area contributed by atoms with E-state index in [4.69, 9.17) is 0 Å². The van der Waals surface area contributed by atoms with Crippen molar-refractivity contribution in [3.63, 3.8) is 0 Å². The number of carbonyl (C=O) groups excluding carboxylic acids is 1. The number of anilines is 1. The molecule has 1 aromatic carbocycles. The number of halogens is 3. The molecule has 0 fully saturated rings. The monoisotopic (exact) mass is 276 g/mol. The molecule has 0 bridgehead atoms. The van der Waals surface area contributed by atoms with Crippen molar-refractivity contribution in [3.05, 3.63) is 24.3 Å². The van der Waals surface area contributed by atoms with Crippen molar-refractivity contribution >= 4 is 11.6 Å². The lowest BCUT2D eigenvalue weighted by molar-refractivity contribution is -0.274. The molecule has 0 aliphatic carbocycles. The summed E-state index contributed by atoms with van der Waals surface area (Å²) in [7, 11) is 1.71. The highest BCUT2D eigenvalue weighted by molar-refractivity contribution is 5.92. The lowest BCUT2D eigenvalue weighted by Gasteiger charge is -2.13. The SMILES string of the molecule is CNCC(C)C(=O)Nc1cccc(OC(F)(F)F)c1. The predicted molar refractivity (Wildman–Crippen MR) is 64.8 cm³/mol. The van der Waals surface area contributed by atoms with E-state index in [0.717, 1.165) is 6.07 Å². The molecule has 106 valence electrons. The molecule has 4 nitrogen and oxygen atoms in total. The molecular weight excluding hydrogens is 261 g/mol. The molecule has 0 aliphatic rings. The van der Waals surface area contributed by atoms with Gasteiger partial charge in [0.2, 0.25) is 5.91 Å². The highest BCUT2D eigenvalue weighted by Gasteiger charge is 2.31. The minimum absolute atomic E-state index is 0.259. The molecule has 0 saturated carbocycles. The molecule has 19 heavy (non-hydrogen) atoms. The minimum atomic E-state index is -4.75. The summed E-state index contributed by atoms with van der Waals surface area (Å²) in [5.74, 6) is -0.942. The van der Waals surface area contributed by atoms with Gasteiger partial charge in [0.05, 0.1) is 0 Å². The van der Waals surface area contributed by atoms with Gasteiger partial charge in [-0.05, 0) is 19.2 Å². The van der Waals surface area contributed by atoms with Crippen LogP contribution in [0.25, 0.3) is 0 Å². The Labute approximate surface area is 108 Å². The molecule has 0 aliphatic heterocycles. The number of hydrogen-bond donors (Lipinski definition) is 2. The van der Waals surface area contributed by atoms with Gasteiger partial charge >= 0.3 is 6.36 Å². The fraction of sp³-hybridized carbons (Fsp3) is 0.417. The van der Waals surface area contributed by atoms with Crippen LogP contribution in [0.5, 0.6) is 5.75 Å². The number of hydrogen-bond acceptors (Lipinski definition) is 3. The predicted octanol–water partition coefficient (Wildman–Crippen LogP) is 2.38. The van der Waals surface area contributed by atoms with Gasteiger partial charge < -0.3 is 15.4 Å². The Bertz CT molecular complexity index is 435. The molecule has 1 unspecified atom stereocenters. The number of amides is 1. The van der Waals surface area contributed by atoms with Gasteiger partial charge in [0, 0.05) is 24.2 Å². The molecular formula is C12H15F3N2O2. The van der Waals surface area contributed by atoms with E-state index in [2.05, 4.69) is 15.4 Å². The summed E-state index contributed by atoms with van der Waals surface area (Å²) < 4.78 is 39.9. The maximum absolute atomic E-state index is 12.0. The van der Waals surface area contributed by atoms with Crippen LogP contribution in [-0.4, -0.2) is 25.9 Å². The highest BCUT2D eigenvalue weighted by Crippen LogP contribution is 2.25.